The number of halogens is 5. The predicted octanol–water partition coefficient (Wildman–Crippen LogP) is 4.02. The zero-order valence-corrected chi connectivity index (χ0v) is 19.3. The first-order valence-corrected chi connectivity index (χ1v) is 11.4. The highest BCUT2D eigenvalue weighted by Gasteiger charge is 2.47. The number of rotatable bonds is 5. The van der Waals surface area contributed by atoms with E-state index in [1.165, 1.54) is 0 Å². The van der Waals surface area contributed by atoms with Gasteiger partial charge in [0.15, 0.2) is 5.69 Å². The molecule has 32 heavy (non-hydrogen) atoms. The van der Waals surface area contributed by atoms with Crippen LogP contribution in [0.2, 0.25) is 5.15 Å². The van der Waals surface area contributed by atoms with Crippen LogP contribution in [-0.2, 0) is 4.74 Å². The lowest BCUT2D eigenvalue weighted by Crippen LogP contribution is -2.41. The Hall–Kier alpha value is -1.82. The summed E-state index contributed by atoms with van der Waals surface area (Å²) in [6.07, 6.45) is -4.83. The molecule has 12 heteroatoms. The van der Waals surface area contributed by atoms with Gasteiger partial charge in [-0.25, -0.2) is 4.98 Å². The normalized spacial score (nSPS) is 21.7. The van der Waals surface area contributed by atoms with E-state index in [9.17, 15) is 18.0 Å². The van der Waals surface area contributed by atoms with Gasteiger partial charge in [-0.15, -0.1) is 0 Å². The highest BCUT2D eigenvalue weighted by Crippen LogP contribution is 2.46. The fraction of sp³-hybridized carbons (Fsp3) is 0.500. The van der Waals surface area contributed by atoms with Crippen molar-refractivity contribution in [3.63, 3.8) is 0 Å². The van der Waals surface area contributed by atoms with Gasteiger partial charge in [-0.1, -0.05) is 39.7 Å². The van der Waals surface area contributed by atoms with E-state index in [2.05, 4.69) is 36.4 Å². The summed E-state index contributed by atoms with van der Waals surface area (Å²) in [7, 11) is 0. The number of anilines is 1. The summed E-state index contributed by atoms with van der Waals surface area (Å²) in [5, 5.41) is 5.39. The molecule has 2 aromatic rings. The van der Waals surface area contributed by atoms with Crippen molar-refractivity contribution in [2.24, 2.45) is 0 Å². The molecule has 1 fully saturated rings. The first kappa shape index (κ1) is 23.3. The molecule has 0 bridgehead atoms. The number of imidazole rings is 1. The van der Waals surface area contributed by atoms with Crippen LogP contribution >= 0.6 is 27.5 Å². The number of alkyl halides is 3. The van der Waals surface area contributed by atoms with E-state index in [1.54, 1.807) is 24.3 Å². The molecule has 0 unspecified atom stereocenters. The van der Waals surface area contributed by atoms with Crippen molar-refractivity contribution in [2.45, 2.75) is 24.7 Å². The summed E-state index contributed by atoms with van der Waals surface area (Å²) in [6.45, 7) is 3.74. The Labute approximate surface area is 196 Å². The van der Waals surface area contributed by atoms with Gasteiger partial charge >= 0.3 is 6.18 Å². The Balaban J connectivity index is 1.53. The summed E-state index contributed by atoms with van der Waals surface area (Å²) >= 11 is 9.57. The molecule has 2 aliphatic heterocycles. The number of carbonyl (C=O) groups excluding carboxylic acids is 1. The third kappa shape index (κ3) is 5.05. The number of nitrogens with zero attached hydrogens (tertiary/aromatic N) is 3. The second kappa shape index (κ2) is 9.58. The van der Waals surface area contributed by atoms with Crippen molar-refractivity contribution in [3.05, 3.63) is 45.1 Å². The maximum absolute atomic E-state index is 13.9. The molecular formula is C20H22BrClF3N5O2. The summed E-state index contributed by atoms with van der Waals surface area (Å²) in [5.41, 5.74) is 0.464. The molecule has 2 aliphatic rings. The quantitative estimate of drug-likeness (QED) is 0.604. The van der Waals surface area contributed by atoms with Crippen molar-refractivity contribution in [1.82, 2.24) is 19.8 Å². The van der Waals surface area contributed by atoms with Crippen LogP contribution in [-0.4, -0.2) is 65.9 Å². The van der Waals surface area contributed by atoms with E-state index >= 15 is 0 Å². The molecular weight excluding hydrogens is 515 g/mol. The topological polar surface area (TPSA) is 71.4 Å². The molecule has 1 saturated heterocycles. The second-order valence-corrected chi connectivity index (χ2v) is 8.97. The number of morpholine rings is 1. The molecule has 1 aromatic heterocycles. The van der Waals surface area contributed by atoms with Gasteiger partial charge in [-0.3, -0.25) is 14.3 Å². The van der Waals surface area contributed by atoms with Crippen molar-refractivity contribution < 1.29 is 22.7 Å². The van der Waals surface area contributed by atoms with Crippen molar-refractivity contribution in [3.8, 4) is 0 Å². The average Bonchev–Trinajstić information content (AvgIpc) is 3.10. The monoisotopic (exact) mass is 535 g/mol. The van der Waals surface area contributed by atoms with E-state index in [4.69, 9.17) is 16.3 Å². The van der Waals surface area contributed by atoms with Gasteiger partial charge in [0.2, 0.25) is 5.95 Å². The number of ether oxygens (including phenoxy) is 1. The molecule has 2 N–H and O–H groups in total. The van der Waals surface area contributed by atoms with Crippen LogP contribution in [0.15, 0.2) is 28.7 Å². The van der Waals surface area contributed by atoms with Gasteiger partial charge in [0.1, 0.15) is 11.2 Å². The number of carbonyl (C=O) groups is 1. The number of amides is 1. The SMILES string of the molecule is O=C(NCCN1CCOCC1)c1nc2n(c1Cl)[C@H](C(F)(F)F)C[C@@H](c1ccc(Br)cc1)N2. The Morgan fingerprint density at radius 3 is 2.62 bits per heavy atom. The Kier molecular flexibility index (Phi) is 6.99. The van der Waals surface area contributed by atoms with Crippen LogP contribution in [0.1, 0.15) is 34.6 Å². The second-order valence-electron chi connectivity index (χ2n) is 7.70. The molecule has 0 spiro atoms. The Morgan fingerprint density at radius 2 is 1.97 bits per heavy atom. The van der Waals surface area contributed by atoms with Crippen molar-refractivity contribution in [2.75, 3.05) is 44.7 Å². The number of aromatic nitrogens is 2. The number of hydrogen-bond acceptors (Lipinski definition) is 5. The average molecular weight is 537 g/mol. The standard InChI is InChI=1S/C20H22BrClF3N5O2/c21-13-3-1-12(2-4-13)14-11-15(20(23,24)25)30-17(22)16(28-19(30)27-14)18(31)26-5-6-29-7-9-32-10-8-29/h1-4,14-15H,5-11H2,(H,26,31)(H,27,28)/t14-,15-/m0/s1. The maximum atomic E-state index is 13.9. The van der Waals surface area contributed by atoms with E-state index in [0.29, 0.717) is 31.9 Å². The van der Waals surface area contributed by atoms with Gasteiger partial charge < -0.3 is 15.4 Å². The van der Waals surface area contributed by atoms with Gasteiger partial charge in [0, 0.05) is 37.1 Å². The molecule has 1 amide bonds. The molecule has 2 atom stereocenters. The molecule has 3 heterocycles. The van der Waals surface area contributed by atoms with Gasteiger partial charge in [0.05, 0.1) is 19.3 Å². The van der Waals surface area contributed by atoms with Crippen LogP contribution in [0.4, 0.5) is 19.1 Å². The van der Waals surface area contributed by atoms with E-state index < -0.39 is 24.2 Å². The van der Waals surface area contributed by atoms with Gasteiger partial charge in [0.25, 0.3) is 5.91 Å². The summed E-state index contributed by atoms with van der Waals surface area (Å²) in [4.78, 5) is 18.9. The summed E-state index contributed by atoms with van der Waals surface area (Å²) in [6, 6.07) is 4.49. The van der Waals surface area contributed by atoms with E-state index in [0.717, 1.165) is 22.1 Å². The van der Waals surface area contributed by atoms with Crippen LogP contribution in [0.25, 0.3) is 0 Å². The first-order chi connectivity index (χ1) is 15.2. The highest BCUT2D eigenvalue weighted by atomic mass is 79.9. The first-order valence-electron chi connectivity index (χ1n) is 10.2. The molecule has 4 rings (SSSR count). The summed E-state index contributed by atoms with van der Waals surface area (Å²) < 4.78 is 48.7. The largest absolute Gasteiger partial charge is 0.409 e. The number of fused-ring (bicyclic) bond motifs is 1. The predicted molar refractivity (Wildman–Crippen MR) is 117 cm³/mol. The molecule has 7 nitrogen and oxygen atoms in total. The van der Waals surface area contributed by atoms with E-state index in [-0.39, 0.29) is 23.2 Å². The lowest BCUT2D eigenvalue weighted by molar-refractivity contribution is -0.171. The molecule has 174 valence electrons. The molecule has 0 saturated carbocycles. The number of benzene rings is 1. The van der Waals surface area contributed by atoms with Gasteiger partial charge in [-0.2, -0.15) is 13.2 Å². The minimum absolute atomic E-state index is 0.0742. The fourth-order valence-corrected chi connectivity index (χ4v) is 4.51. The Morgan fingerprint density at radius 1 is 1.28 bits per heavy atom. The smallest absolute Gasteiger partial charge is 0.379 e. The zero-order valence-electron chi connectivity index (χ0n) is 17.0. The van der Waals surface area contributed by atoms with Crippen LogP contribution < -0.4 is 10.6 Å². The zero-order chi connectivity index (χ0) is 22.9. The van der Waals surface area contributed by atoms with Crippen LogP contribution in [0.3, 0.4) is 0 Å². The number of nitrogens with one attached hydrogen (secondary N) is 2. The van der Waals surface area contributed by atoms with Crippen LogP contribution in [0, 0.1) is 0 Å². The minimum atomic E-state index is -4.56. The minimum Gasteiger partial charge on any atom is -0.379 e. The third-order valence-corrected chi connectivity index (χ3v) is 6.50. The van der Waals surface area contributed by atoms with Crippen molar-refractivity contribution >= 4 is 39.4 Å². The van der Waals surface area contributed by atoms with Crippen molar-refractivity contribution in [1.29, 1.82) is 0 Å². The van der Waals surface area contributed by atoms with Gasteiger partial charge in [-0.05, 0) is 17.7 Å². The fourth-order valence-electron chi connectivity index (χ4n) is 3.92. The van der Waals surface area contributed by atoms with Crippen LogP contribution in [0.5, 0.6) is 0 Å². The lowest BCUT2D eigenvalue weighted by atomic mass is 9.97. The molecule has 0 radical (unpaired) electrons. The summed E-state index contributed by atoms with van der Waals surface area (Å²) in [5.74, 6) is -0.678. The molecule has 1 aromatic carbocycles. The third-order valence-electron chi connectivity index (χ3n) is 5.61. The molecule has 0 aliphatic carbocycles. The highest BCUT2D eigenvalue weighted by molar-refractivity contribution is 9.10. The maximum Gasteiger partial charge on any atom is 0.409 e. The number of hydrogen-bond donors (Lipinski definition) is 2. The lowest BCUT2D eigenvalue weighted by Gasteiger charge is -2.34. The van der Waals surface area contributed by atoms with E-state index in [1.807, 2.05) is 0 Å². The Bertz CT molecular complexity index is 963.